The first-order valence-corrected chi connectivity index (χ1v) is 14.6. The van der Waals surface area contributed by atoms with Crippen LogP contribution in [0.15, 0.2) is 36.7 Å². The third-order valence-electron chi connectivity index (χ3n) is 6.91. The van der Waals surface area contributed by atoms with Crippen LogP contribution < -0.4 is 19.7 Å². The summed E-state index contributed by atoms with van der Waals surface area (Å²) in [5.41, 5.74) is 2.36. The fourth-order valence-electron chi connectivity index (χ4n) is 4.90. The van der Waals surface area contributed by atoms with Gasteiger partial charge in [-0.3, -0.25) is 4.90 Å². The van der Waals surface area contributed by atoms with Gasteiger partial charge in [-0.25, -0.2) is 14.6 Å². The van der Waals surface area contributed by atoms with Crippen molar-refractivity contribution in [1.82, 2.24) is 19.8 Å². The Morgan fingerprint density at radius 1 is 1.15 bits per heavy atom. The van der Waals surface area contributed by atoms with Gasteiger partial charge in [0.2, 0.25) is 0 Å². The first-order valence-electron chi connectivity index (χ1n) is 14.2. The van der Waals surface area contributed by atoms with E-state index in [2.05, 4.69) is 17.2 Å². The molecule has 3 heterocycles. The van der Waals surface area contributed by atoms with Gasteiger partial charge >= 0.3 is 12.1 Å². The molecule has 222 valence electrons. The molecule has 11 heteroatoms. The van der Waals surface area contributed by atoms with Crippen molar-refractivity contribution in [2.75, 3.05) is 38.3 Å². The SMILES string of the molecule is CCCCCOc1cc(N2CCCN(Cc3ccnc4c3c(Cl)cn4CCOC(=O)NC(C)C)C2=O)ccc1OC. The van der Waals surface area contributed by atoms with Crippen LogP contribution in [0.3, 0.4) is 0 Å². The molecule has 3 aromatic rings. The maximum Gasteiger partial charge on any atom is 0.407 e. The largest absolute Gasteiger partial charge is 0.493 e. The molecule has 1 N–H and O–H groups in total. The average Bonchev–Trinajstić information content (AvgIpc) is 3.27. The van der Waals surface area contributed by atoms with Crippen LogP contribution in [0.4, 0.5) is 15.3 Å². The minimum atomic E-state index is -0.462. The number of pyridine rings is 1. The van der Waals surface area contributed by atoms with Crippen LogP contribution in [0.2, 0.25) is 5.02 Å². The second kappa shape index (κ2) is 14.3. The smallest absolute Gasteiger partial charge is 0.407 e. The summed E-state index contributed by atoms with van der Waals surface area (Å²) in [4.78, 5) is 33.6. The molecule has 0 spiro atoms. The maximum absolute atomic E-state index is 13.7. The van der Waals surface area contributed by atoms with Crippen LogP contribution in [0, 0.1) is 0 Å². The number of anilines is 1. The zero-order chi connectivity index (χ0) is 29.4. The van der Waals surface area contributed by atoms with Gasteiger partial charge in [0, 0.05) is 55.2 Å². The van der Waals surface area contributed by atoms with Gasteiger partial charge in [0.05, 0.1) is 25.3 Å². The fourth-order valence-corrected chi connectivity index (χ4v) is 5.22. The van der Waals surface area contributed by atoms with E-state index in [1.165, 1.54) is 0 Å². The van der Waals surface area contributed by atoms with E-state index in [-0.39, 0.29) is 18.7 Å². The summed E-state index contributed by atoms with van der Waals surface area (Å²) in [7, 11) is 1.62. The molecule has 0 atom stereocenters. The van der Waals surface area contributed by atoms with Crippen molar-refractivity contribution in [3.63, 3.8) is 0 Å². The Balaban J connectivity index is 1.48. The number of hydrogen-bond donors (Lipinski definition) is 1. The van der Waals surface area contributed by atoms with Crippen molar-refractivity contribution in [2.45, 2.75) is 65.6 Å². The van der Waals surface area contributed by atoms with Crippen LogP contribution >= 0.6 is 11.6 Å². The number of carbonyl (C=O) groups excluding carboxylic acids is 2. The van der Waals surface area contributed by atoms with Crippen molar-refractivity contribution in [1.29, 1.82) is 0 Å². The topological polar surface area (TPSA) is 98.2 Å². The number of rotatable bonds is 13. The number of halogens is 1. The highest BCUT2D eigenvalue weighted by Gasteiger charge is 2.28. The molecule has 0 saturated carbocycles. The molecule has 1 aromatic carbocycles. The molecule has 1 fully saturated rings. The number of hydrogen-bond acceptors (Lipinski definition) is 6. The zero-order valence-electron chi connectivity index (χ0n) is 24.3. The number of aromatic nitrogens is 2. The minimum absolute atomic E-state index is 0.00217. The van der Waals surface area contributed by atoms with Crippen LogP contribution in [0.25, 0.3) is 11.0 Å². The number of nitrogens with zero attached hydrogens (tertiary/aromatic N) is 4. The first-order chi connectivity index (χ1) is 19.8. The second-order valence-electron chi connectivity index (χ2n) is 10.4. The lowest BCUT2D eigenvalue weighted by molar-refractivity contribution is 0.140. The highest BCUT2D eigenvalue weighted by molar-refractivity contribution is 6.35. The molecule has 1 aliphatic rings. The Hall–Kier alpha value is -3.66. The number of alkyl carbamates (subject to hydrolysis) is 1. The fraction of sp³-hybridized carbons (Fsp3) is 0.500. The molecular weight excluding hydrogens is 546 g/mol. The summed E-state index contributed by atoms with van der Waals surface area (Å²) in [5, 5.41) is 4.03. The van der Waals surface area contributed by atoms with Gasteiger partial charge in [-0.2, -0.15) is 0 Å². The Bertz CT molecular complexity index is 1340. The van der Waals surface area contributed by atoms with E-state index in [1.807, 2.05) is 47.6 Å². The Morgan fingerprint density at radius 3 is 2.73 bits per heavy atom. The maximum atomic E-state index is 13.7. The van der Waals surface area contributed by atoms with E-state index >= 15 is 0 Å². The molecule has 3 amide bonds. The van der Waals surface area contributed by atoms with Crippen LogP contribution in [0.5, 0.6) is 11.5 Å². The molecule has 0 unspecified atom stereocenters. The average molecular weight is 586 g/mol. The third-order valence-corrected chi connectivity index (χ3v) is 7.19. The van der Waals surface area contributed by atoms with Gasteiger partial charge in [-0.15, -0.1) is 0 Å². The molecular formula is C30H40ClN5O5. The molecule has 1 aliphatic heterocycles. The quantitative estimate of drug-likeness (QED) is 0.239. The van der Waals surface area contributed by atoms with Crippen LogP contribution in [0.1, 0.15) is 52.0 Å². The van der Waals surface area contributed by atoms with Gasteiger partial charge in [0.15, 0.2) is 11.5 Å². The van der Waals surface area contributed by atoms with Crippen molar-refractivity contribution in [3.8, 4) is 11.5 Å². The lowest BCUT2D eigenvalue weighted by Gasteiger charge is -2.36. The molecule has 4 rings (SSSR count). The molecule has 10 nitrogen and oxygen atoms in total. The Kier molecular flexibility index (Phi) is 10.6. The standard InChI is InChI=1S/C30H40ClN5O5/c1-5-6-7-16-40-26-18-23(9-10-25(26)39-4)36-14-8-13-35(30(36)38)19-22-11-12-32-28-27(22)24(31)20-34(28)15-17-41-29(37)33-21(2)3/h9-12,18,20-21H,5-8,13-17,19H2,1-4H3,(H,33,37). The zero-order valence-corrected chi connectivity index (χ0v) is 25.1. The molecule has 2 aromatic heterocycles. The van der Waals surface area contributed by atoms with E-state index in [1.54, 1.807) is 24.4 Å². The number of unbranched alkanes of at least 4 members (excludes halogenated alkanes) is 2. The number of nitrogens with one attached hydrogen (secondary N) is 1. The van der Waals surface area contributed by atoms with Crippen LogP contribution in [-0.4, -0.2) is 66.0 Å². The predicted molar refractivity (Wildman–Crippen MR) is 160 cm³/mol. The predicted octanol–water partition coefficient (Wildman–Crippen LogP) is 6.23. The number of ether oxygens (including phenoxy) is 3. The van der Waals surface area contributed by atoms with Gasteiger partial charge in [-0.1, -0.05) is 31.4 Å². The summed E-state index contributed by atoms with van der Waals surface area (Å²) in [6, 6.07) is 7.44. The molecule has 0 radical (unpaired) electrons. The van der Waals surface area contributed by atoms with E-state index in [4.69, 9.17) is 25.8 Å². The lowest BCUT2D eigenvalue weighted by atomic mass is 10.1. The van der Waals surface area contributed by atoms with Gasteiger partial charge in [0.25, 0.3) is 0 Å². The number of fused-ring (bicyclic) bond motifs is 1. The minimum Gasteiger partial charge on any atom is -0.493 e. The lowest BCUT2D eigenvalue weighted by Crippen LogP contribution is -2.49. The molecule has 0 aliphatic carbocycles. The van der Waals surface area contributed by atoms with Gasteiger partial charge in [0.1, 0.15) is 12.3 Å². The van der Waals surface area contributed by atoms with E-state index in [9.17, 15) is 9.59 Å². The monoisotopic (exact) mass is 585 g/mol. The number of urea groups is 1. The highest BCUT2D eigenvalue weighted by Crippen LogP contribution is 2.34. The Labute approximate surface area is 246 Å². The number of carbonyl (C=O) groups is 2. The summed E-state index contributed by atoms with van der Waals surface area (Å²) in [5.74, 6) is 1.29. The van der Waals surface area contributed by atoms with Crippen LogP contribution in [-0.2, 0) is 17.8 Å². The van der Waals surface area contributed by atoms with Crippen molar-refractivity contribution in [3.05, 3.63) is 47.2 Å². The third kappa shape index (κ3) is 7.55. The van der Waals surface area contributed by atoms with Crippen molar-refractivity contribution >= 4 is 40.4 Å². The Morgan fingerprint density at radius 2 is 1.98 bits per heavy atom. The molecule has 1 saturated heterocycles. The molecule has 41 heavy (non-hydrogen) atoms. The van der Waals surface area contributed by atoms with Gasteiger partial charge in [-0.05, 0) is 50.5 Å². The normalized spacial score (nSPS) is 13.7. The highest BCUT2D eigenvalue weighted by atomic mass is 35.5. The summed E-state index contributed by atoms with van der Waals surface area (Å²) < 4.78 is 18.6. The molecule has 0 bridgehead atoms. The first kappa shape index (κ1) is 30.3. The summed E-state index contributed by atoms with van der Waals surface area (Å²) in [6.45, 7) is 8.72. The summed E-state index contributed by atoms with van der Waals surface area (Å²) in [6.07, 6.45) is 7.04. The summed E-state index contributed by atoms with van der Waals surface area (Å²) >= 11 is 6.66. The van der Waals surface area contributed by atoms with E-state index in [0.29, 0.717) is 55.0 Å². The van der Waals surface area contributed by atoms with E-state index in [0.717, 1.165) is 42.3 Å². The number of amides is 3. The number of benzene rings is 1. The van der Waals surface area contributed by atoms with E-state index < -0.39 is 6.09 Å². The van der Waals surface area contributed by atoms with Crippen molar-refractivity contribution < 1.29 is 23.8 Å². The second-order valence-corrected chi connectivity index (χ2v) is 10.8. The van der Waals surface area contributed by atoms with Crippen molar-refractivity contribution in [2.24, 2.45) is 0 Å². The van der Waals surface area contributed by atoms with Gasteiger partial charge < -0.3 is 29.0 Å². The number of methoxy groups -OCH3 is 1.